The lowest BCUT2D eigenvalue weighted by atomic mass is 10.2. The smallest absolute Gasteiger partial charge is 0.420 e. The first-order valence-corrected chi connectivity index (χ1v) is 17.5. The van der Waals surface area contributed by atoms with Crippen LogP contribution in [0.25, 0.3) is 10.2 Å². The molecule has 0 saturated heterocycles. The predicted molar refractivity (Wildman–Crippen MR) is 193 cm³/mol. The van der Waals surface area contributed by atoms with Gasteiger partial charge < -0.3 is 29.7 Å². The molecule has 5 aromatic rings. The Balaban J connectivity index is 1.21. The summed E-state index contributed by atoms with van der Waals surface area (Å²) in [6.07, 6.45) is -4.90. The van der Waals surface area contributed by atoms with Crippen LogP contribution in [0.15, 0.2) is 48.5 Å². The van der Waals surface area contributed by atoms with Crippen LogP contribution in [0.5, 0.6) is 5.75 Å². The number of aromatic nitrogens is 4. The van der Waals surface area contributed by atoms with Crippen molar-refractivity contribution < 1.29 is 41.7 Å². The van der Waals surface area contributed by atoms with Crippen LogP contribution in [0.1, 0.15) is 53.7 Å². The third-order valence-electron chi connectivity index (χ3n) is 7.12. The molecule has 0 fully saturated rings. The van der Waals surface area contributed by atoms with Crippen LogP contribution < -0.4 is 15.0 Å². The van der Waals surface area contributed by atoms with E-state index in [1.54, 1.807) is 51.1 Å². The van der Waals surface area contributed by atoms with Gasteiger partial charge in [0.25, 0.3) is 0 Å². The summed E-state index contributed by atoms with van der Waals surface area (Å²) in [6, 6.07) is 12.1. The van der Waals surface area contributed by atoms with E-state index in [1.807, 2.05) is 0 Å². The maximum atomic E-state index is 14.7. The van der Waals surface area contributed by atoms with E-state index in [2.05, 4.69) is 37.3 Å². The lowest BCUT2D eigenvalue weighted by Gasteiger charge is -2.23. The standard InChI is InChI=1S/C35H33F4N7O5S2/c1-34(2,3)51-33(49)45(4)16-8-10-20-14-15-24(22(36)18-20)50-17-9-13-26-28(30(47)48)41-32(53-26)46(5)27-19-21(35(37,38)39)29(44-43-27)42-31-40-23-11-6-7-12-25(23)52-31/h6-7,11-12,14-15,18-19H,9,13,16-17H2,1-5H3,(H,47,48)(H,40,42,44). The number of hydrogen-bond donors (Lipinski definition) is 2. The van der Waals surface area contributed by atoms with Crippen molar-refractivity contribution in [3.05, 3.63) is 76.0 Å². The van der Waals surface area contributed by atoms with E-state index in [1.165, 1.54) is 36.0 Å². The zero-order valence-electron chi connectivity index (χ0n) is 29.0. The summed E-state index contributed by atoms with van der Waals surface area (Å²) in [7, 11) is 2.94. The molecule has 18 heteroatoms. The molecule has 53 heavy (non-hydrogen) atoms. The van der Waals surface area contributed by atoms with Gasteiger partial charge in [0.1, 0.15) is 11.2 Å². The maximum Gasteiger partial charge on any atom is 0.420 e. The van der Waals surface area contributed by atoms with Gasteiger partial charge in [-0.15, -0.1) is 21.5 Å². The summed E-state index contributed by atoms with van der Waals surface area (Å²) in [6.45, 7) is 5.35. The quantitative estimate of drug-likeness (QED) is 0.0763. The number of carboxylic acid groups (broad SMARTS) is 1. The van der Waals surface area contributed by atoms with E-state index in [0.717, 1.165) is 33.4 Å². The van der Waals surface area contributed by atoms with E-state index < -0.39 is 41.0 Å². The van der Waals surface area contributed by atoms with Gasteiger partial charge in [0.2, 0.25) is 0 Å². The number of rotatable bonds is 11. The molecule has 0 aliphatic rings. The predicted octanol–water partition coefficient (Wildman–Crippen LogP) is 8.14. The first kappa shape index (κ1) is 38.7. The number of thiazole rings is 2. The van der Waals surface area contributed by atoms with Crippen LogP contribution in [0.4, 0.5) is 44.3 Å². The van der Waals surface area contributed by atoms with Gasteiger partial charge in [-0.3, -0.25) is 0 Å². The fraction of sp³-hybridized carbons (Fsp3) is 0.314. The third kappa shape index (κ3) is 10.1. The highest BCUT2D eigenvalue weighted by molar-refractivity contribution is 7.22. The number of anilines is 4. The van der Waals surface area contributed by atoms with Crippen molar-refractivity contribution in [3.63, 3.8) is 0 Å². The third-order valence-corrected chi connectivity index (χ3v) is 9.26. The molecular formula is C35H33F4N7O5S2. The number of carbonyl (C=O) groups excluding carboxylic acids is 1. The van der Waals surface area contributed by atoms with E-state index in [9.17, 15) is 32.3 Å². The molecule has 0 aliphatic carbocycles. The van der Waals surface area contributed by atoms with Crippen LogP contribution in [0.3, 0.4) is 0 Å². The Morgan fingerprint density at radius 1 is 1.02 bits per heavy atom. The SMILES string of the molecule is CN(CC#Cc1ccc(OCCCc2sc(N(C)c3cc(C(F)(F)F)c(Nc4nc5ccccc5s4)nn3)nc2C(=O)O)c(F)c1)C(=O)OC(C)(C)C. The first-order valence-electron chi connectivity index (χ1n) is 15.9. The van der Waals surface area contributed by atoms with Crippen molar-refractivity contribution in [2.45, 2.75) is 45.4 Å². The number of aromatic carboxylic acids is 1. The van der Waals surface area contributed by atoms with Gasteiger partial charge in [0, 0.05) is 24.5 Å². The molecule has 0 spiro atoms. The summed E-state index contributed by atoms with van der Waals surface area (Å²) in [5.41, 5.74) is -1.04. The molecule has 1 amide bonds. The van der Waals surface area contributed by atoms with Crippen LogP contribution >= 0.6 is 22.7 Å². The van der Waals surface area contributed by atoms with Crippen molar-refractivity contribution in [2.24, 2.45) is 0 Å². The highest BCUT2D eigenvalue weighted by Crippen LogP contribution is 2.39. The fourth-order valence-electron chi connectivity index (χ4n) is 4.57. The molecule has 0 saturated carbocycles. The number of amides is 1. The molecule has 3 aromatic heterocycles. The van der Waals surface area contributed by atoms with Gasteiger partial charge in [0.05, 0.1) is 23.4 Å². The summed E-state index contributed by atoms with van der Waals surface area (Å²) < 4.78 is 68.9. The molecule has 5 rings (SSSR count). The number of carbonyl (C=O) groups is 2. The van der Waals surface area contributed by atoms with E-state index in [4.69, 9.17) is 9.47 Å². The minimum absolute atomic E-state index is 0.0221. The number of halogens is 4. The Bertz CT molecular complexity index is 2160. The number of para-hydroxylation sites is 1. The molecule has 0 bridgehead atoms. The summed E-state index contributed by atoms with van der Waals surface area (Å²) >= 11 is 2.12. The maximum absolute atomic E-state index is 14.7. The Kier molecular flexibility index (Phi) is 11.7. The topological polar surface area (TPSA) is 143 Å². The highest BCUT2D eigenvalue weighted by atomic mass is 32.1. The normalized spacial score (nSPS) is 11.5. The number of carboxylic acids is 1. The van der Waals surface area contributed by atoms with Crippen molar-refractivity contribution in [1.82, 2.24) is 25.1 Å². The number of nitrogens with one attached hydrogen (secondary N) is 1. The van der Waals surface area contributed by atoms with E-state index in [0.29, 0.717) is 16.0 Å². The Hall–Kier alpha value is -5.54. The second-order valence-corrected chi connectivity index (χ2v) is 14.5. The van der Waals surface area contributed by atoms with Crippen molar-refractivity contribution in [2.75, 3.05) is 37.5 Å². The van der Waals surface area contributed by atoms with Crippen molar-refractivity contribution in [1.29, 1.82) is 0 Å². The Labute approximate surface area is 309 Å². The zero-order valence-corrected chi connectivity index (χ0v) is 30.7. The molecule has 0 radical (unpaired) electrons. The van der Waals surface area contributed by atoms with Gasteiger partial charge in [-0.05, 0) is 70.0 Å². The zero-order chi connectivity index (χ0) is 38.5. The van der Waals surface area contributed by atoms with Crippen molar-refractivity contribution >= 4 is 66.9 Å². The molecule has 278 valence electrons. The number of hydrogen-bond acceptors (Lipinski definition) is 12. The Morgan fingerprint density at radius 3 is 2.45 bits per heavy atom. The number of aryl methyl sites for hydroxylation is 1. The second kappa shape index (κ2) is 16.0. The molecule has 3 heterocycles. The van der Waals surface area contributed by atoms with Crippen molar-refractivity contribution in [3.8, 4) is 17.6 Å². The van der Waals surface area contributed by atoms with Crippen LogP contribution in [-0.4, -0.2) is 75.1 Å². The summed E-state index contributed by atoms with van der Waals surface area (Å²) in [5, 5.41) is 20.4. The van der Waals surface area contributed by atoms with Gasteiger partial charge in [0.15, 0.2) is 39.2 Å². The molecule has 0 unspecified atom stereocenters. The van der Waals surface area contributed by atoms with Gasteiger partial charge in [-0.25, -0.2) is 23.9 Å². The minimum atomic E-state index is -4.81. The largest absolute Gasteiger partial charge is 0.491 e. The molecule has 2 N–H and O–H groups in total. The van der Waals surface area contributed by atoms with E-state index >= 15 is 0 Å². The summed E-state index contributed by atoms with van der Waals surface area (Å²) in [4.78, 5) is 35.4. The fourth-order valence-corrected chi connectivity index (χ4v) is 6.50. The van der Waals surface area contributed by atoms with Crippen LogP contribution in [0, 0.1) is 17.7 Å². The minimum Gasteiger partial charge on any atom is -0.491 e. The number of benzene rings is 2. The average molecular weight is 772 g/mol. The van der Waals surface area contributed by atoms with Crippen LogP contribution in [0.2, 0.25) is 0 Å². The van der Waals surface area contributed by atoms with E-state index in [-0.39, 0.29) is 53.5 Å². The summed E-state index contributed by atoms with van der Waals surface area (Å²) in [5.74, 6) is 2.80. The second-order valence-electron chi connectivity index (χ2n) is 12.4. The Morgan fingerprint density at radius 2 is 1.77 bits per heavy atom. The number of nitrogens with zero attached hydrogens (tertiary/aromatic N) is 6. The molecular weight excluding hydrogens is 739 g/mol. The monoisotopic (exact) mass is 771 g/mol. The molecule has 12 nitrogen and oxygen atoms in total. The van der Waals surface area contributed by atoms with Gasteiger partial charge >= 0.3 is 18.2 Å². The first-order chi connectivity index (χ1) is 25.0. The number of alkyl halides is 3. The number of fused-ring (bicyclic) bond motifs is 1. The van der Waals surface area contributed by atoms with Gasteiger partial charge in [-0.1, -0.05) is 35.3 Å². The van der Waals surface area contributed by atoms with Crippen LogP contribution in [-0.2, 0) is 17.3 Å². The average Bonchev–Trinajstić information content (AvgIpc) is 3.70. The molecule has 0 atom stereocenters. The molecule has 0 aliphatic heterocycles. The van der Waals surface area contributed by atoms with Gasteiger partial charge in [-0.2, -0.15) is 13.2 Å². The number of ether oxygens (including phenoxy) is 2. The lowest BCUT2D eigenvalue weighted by Crippen LogP contribution is -2.34. The molecule has 2 aromatic carbocycles. The lowest BCUT2D eigenvalue weighted by molar-refractivity contribution is -0.137. The highest BCUT2D eigenvalue weighted by Gasteiger charge is 2.36.